The van der Waals surface area contributed by atoms with Gasteiger partial charge in [0.05, 0.1) is 6.61 Å². The van der Waals surface area contributed by atoms with Gasteiger partial charge in [-0.05, 0) is 35.6 Å². The molecule has 0 fully saturated rings. The molecule has 0 aliphatic heterocycles. The van der Waals surface area contributed by atoms with E-state index in [9.17, 15) is 9.90 Å². The second-order valence-electron chi connectivity index (χ2n) is 7.95. The Kier molecular flexibility index (Phi) is 6.17. The Balaban J connectivity index is 1.93. The summed E-state index contributed by atoms with van der Waals surface area (Å²) in [6.07, 6.45) is 0.731. The number of aromatic nitrogens is 3. The molecule has 0 atom stereocenters. The largest absolute Gasteiger partial charge is 0.505 e. The van der Waals surface area contributed by atoms with Crippen molar-refractivity contribution in [2.24, 2.45) is 0 Å². The number of ether oxygens (including phenoxy) is 2. The van der Waals surface area contributed by atoms with Crippen LogP contribution < -0.4 is 0 Å². The van der Waals surface area contributed by atoms with E-state index in [4.69, 9.17) is 9.47 Å². The average molecular weight is 397 g/mol. The zero-order valence-electron chi connectivity index (χ0n) is 17.3. The summed E-state index contributed by atoms with van der Waals surface area (Å²) >= 11 is 0. The standard InChI is InChI=1S/C22H27N3O4/c1-22(2,3)16-13-15(9-10-20(26)29-12-11-28-4)14-19(21(16)27)25-23-17-7-5-6-8-18(17)24-25/h5-8,13-14,27H,9-12H2,1-4H3. The van der Waals surface area contributed by atoms with Crippen LogP contribution in [0.1, 0.15) is 38.3 Å². The minimum absolute atomic E-state index is 0.143. The molecule has 0 unspecified atom stereocenters. The van der Waals surface area contributed by atoms with Crippen molar-refractivity contribution in [1.82, 2.24) is 15.0 Å². The predicted octanol–water partition coefficient (Wildman–Crippen LogP) is 3.55. The number of hydrogen-bond acceptors (Lipinski definition) is 6. The second kappa shape index (κ2) is 8.61. The molecule has 0 aliphatic rings. The molecule has 2 aromatic carbocycles. The van der Waals surface area contributed by atoms with Gasteiger partial charge >= 0.3 is 5.97 Å². The number of aromatic hydroxyl groups is 1. The lowest BCUT2D eigenvalue weighted by Crippen LogP contribution is -2.15. The number of methoxy groups -OCH3 is 1. The highest BCUT2D eigenvalue weighted by atomic mass is 16.6. The molecule has 1 N–H and O–H groups in total. The molecule has 0 bridgehead atoms. The van der Waals surface area contributed by atoms with Crippen LogP contribution in [0.25, 0.3) is 16.7 Å². The van der Waals surface area contributed by atoms with E-state index in [0.29, 0.717) is 18.7 Å². The molecule has 3 rings (SSSR count). The average Bonchev–Trinajstić information content (AvgIpc) is 3.10. The van der Waals surface area contributed by atoms with Crippen molar-refractivity contribution >= 4 is 17.0 Å². The highest BCUT2D eigenvalue weighted by molar-refractivity contribution is 5.74. The van der Waals surface area contributed by atoms with Gasteiger partial charge in [0.2, 0.25) is 0 Å². The number of aryl methyl sites for hydroxylation is 1. The van der Waals surface area contributed by atoms with E-state index in [0.717, 1.165) is 22.2 Å². The maximum atomic E-state index is 12.0. The third kappa shape index (κ3) is 4.92. The lowest BCUT2D eigenvalue weighted by molar-refractivity contribution is -0.144. The van der Waals surface area contributed by atoms with Gasteiger partial charge in [-0.1, -0.05) is 39.0 Å². The number of esters is 1. The van der Waals surface area contributed by atoms with Crippen LogP contribution in [0.2, 0.25) is 0 Å². The van der Waals surface area contributed by atoms with Gasteiger partial charge in [-0.2, -0.15) is 0 Å². The van der Waals surface area contributed by atoms with Crippen molar-refractivity contribution in [3.63, 3.8) is 0 Å². The smallest absolute Gasteiger partial charge is 0.306 e. The molecule has 1 heterocycles. The van der Waals surface area contributed by atoms with Gasteiger partial charge in [0.25, 0.3) is 0 Å². The summed E-state index contributed by atoms with van der Waals surface area (Å²) in [5, 5.41) is 19.9. The Morgan fingerprint density at radius 2 is 1.76 bits per heavy atom. The molecular formula is C22H27N3O4. The number of carbonyl (C=O) groups is 1. The van der Waals surface area contributed by atoms with Gasteiger partial charge in [0, 0.05) is 19.1 Å². The SMILES string of the molecule is COCCOC(=O)CCc1cc(-n2nc3ccccc3n2)c(O)c(C(C)(C)C)c1. The first-order valence-electron chi connectivity index (χ1n) is 9.63. The molecule has 7 nitrogen and oxygen atoms in total. The van der Waals surface area contributed by atoms with Crippen LogP contribution in [-0.4, -0.2) is 46.4 Å². The molecular weight excluding hydrogens is 370 g/mol. The maximum Gasteiger partial charge on any atom is 0.306 e. The number of phenols is 1. The first-order valence-corrected chi connectivity index (χ1v) is 9.63. The van der Waals surface area contributed by atoms with Crippen molar-refractivity contribution in [3.8, 4) is 11.4 Å². The molecule has 0 radical (unpaired) electrons. The minimum atomic E-state index is -0.291. The molecule has 0 spiro atoms. The van der Waals surface area contributed by atoms with E-state index in [1.54, 1.807) is 7.11 Å². The molecule has 0 amide bonds. The summed E-state index contributed by atoms with van der Waals surface area (Å²) in [5.41, 5.74) is 3.39. The molecule has 3 aromatic rings. The molecule has 7 heteroatoms. The first kappa shape index (κ1) is 20.8. The van der Waals surface area contributed by atoms with E-state index in [1.807, 2.05) is 57.2 Å². The van der Waals surface area contributed by atoms with Crippen LogP contribution in [0.5, 0.6) is 5.75 Å². The Labute approximate surface area is 170 Å². The molecule has 0 saturated carbocycles. The summed E-state index contributed by atoms with van der Waals surface area (Å²) in [6.45, 7) is 6.71. The Morgan fingerprint density at radius 3 is 2.34 bits per heavy atom. The van der Waals surface area contributed by atoms with Crippen molar-refractivity contribution < 1.29 is 19.4 Å². The molecule has 1 aromatic heterocycles. The number of nitrogens with zero attached hydrogens (tertiary/aromatic N) is 3. The van der Waals surface area contributed by atoms with E-state index in [1.165, 1.54) is 4.80 Å². The highest BCUT2D eigenvalue weighted by Gasteiger charge is 2.23. The van der Waals surface area contributed by atoms with Gasteiger partial charge in [0.15, 0.2) is 0 Å². The summed E-state index contributed by atoms with van der Waals surface area (Å²) in [6, 6.07) is 11.3. The van der Waals surface area contributed by atoms with E-state index >= 15 is 0 Å². The lowest BCUT2D eigenvalue weighted by atomic mass is 9.84. The topological polar surface area (TPSA) is 86.5 Å². The third-order valence-corrected chi connectivity index (χ3v) is 4.63. The molecule has 154 valence electrons. The van der Waals surface area contributed by atoms with Crippen LogP contribution in [-0.2, 0) is 26.1 Å². The lowest BCUT2D eigenvalue weighted by Gasteiger charge is -2.23. The normalized spacial score (nSPS) is 11.7. The zero-order chi connectivity index (χ0) is 21.0. The fraction of sp³-hybridized carbons (Fsp3) is 0.409. The van der Waals surface area contributed by atoms with Crippen LogP contribution in [0, 0.1) is 0 Å². The quantitative estimate of drug-likeness (QED) is 0.485. The zero-order valence-corrected chi connectivity index (χ0v) is 17.3. The number of rotatable bonds is 7. The van der Waals surface area contributed by atoms with Gasteiger partial charge in [-0.25, -0.2) is 0 Å². The van der Waals surface area contributed by atoms with Gasteiger partial charge < -0.3 is 14.6 Å². The van der Waals surface area contributed by atoms with E-state index in [-0.39, 0.29) is 30.2 Å². The third-order valence-electron chi connectivity index (χ3n) is 4.63. The van der Waals surface area contributed by atoms with Crippen LogP contribution in [0.4, 0.5) is 0 Å². The van der Waals surface area contributed by atoms with E-state index < -0.39 is 0 Å². The number of phenolic OH excluding ortho intramolecular Hbond substituents is 1. The first-order chi connectivity index (χ1) is 13.8. The summed E-state index contributed by atoms with van der Waals surface area (Å²) in [7, 11) is 1.56. The van der Waals surface area contributed by atoms with Gasteiger partial charge in [-0.15, -0.1) is 15.0 Å². The summed E-state index contributed by atoms with van der Waals surface area (Å²) < 4.78 is 10.0. The number of benzene rings is 2. The van der Waals surface area contributed by atoms with Crippen LogP contribution in [0.3, 0.4) is 0 Å². The van der Waals surface area contributed by atoms with Gasteiger partial charge in [0.1, 0.15) is 29.1 Å². The summed E-state index contributed by atoms with van der Waals surface area (Å²) in [4.78, 5) is 13.4. The van der Waals surface area contributed by atoms with Crippen molar-refractivity contribution in [2.75, 3.05) is 20.3 Å². The number of carbonyl (C=O) groups excluding carboxylic acids is 1. The number of hydrogen-bond donors (Lipinski definition) is 1. The monoisotopic (exact) mass is 397 g/mol. The molecule has 29 heavy (non-hydrogen) atoms. The maximum absolute atomic E-state index is 12.0. The van der Waals surface area contributed by atoms with Crippen molar-refractivity contribution in [1.29, 1.82) is 0 Å². The van der Waals surface area contributed by atoms with E-state index in [2.05, 4.69) is 10.2 Å². The Hall–Kier alpha value is -2.93. The molecule has 0 saturated heterocycles. The van der Waals surface area contributed by atoms with Crippen LogP contribution >= 0.6 is 0 Å². The van der Waals surface area contributed by atoms with Gasteiger partial charge in [-0.3, -0.25) is 4.79 Å². The van der Waals surface area contributed by atoms with Crippen molar-refractivity contribution in [3.05, 3.63) is 47.5 Å². The summed E-state index contributed by atoms with van der Waals surface area (Å²) in [5.74, 6) is -0.138. The van der Waals surface area contributed by atoms with Crippen molar-refractivity contribution in [2.45, 2.75) is 39.0 Å². The molecule has 0 aliphatic carbocycles. The number of fused-ring (bicyclic) bond motifs is 1. The Bertz CT molecular complexity index is 972. The van der Waals surface area contributed by atoms with Crippen LogP contribution in [0.15, 0.2) is 36.4 Å². The second-order valence-corrected chi connectivity index (χ2v) is 7.95. The fourth-order valence-corrected chi connectivity index (χ4v) is 3.07. The highest BCUT2D eigenvalue weighted by Crippen LogP contribution is 2.36. The fourth-order valence-electron chi connectivity index (χ4n) is 3.07. The minimum Gasteiger partial charge on any atom is -0.505 e. The predicted molar refractivity (Wildman–Crippen MR) is 110 cm³/mol. The Morgan fingerprint density at radius 1 is 1.10 bits per heavy atom.